The van der Waals surface area contributed by atoms with Crippen LogP contribution in [0.3, 0.4) is 0 Å². The van der Waals surface area contributed by atoms with Gasteiger partial charge in [-0.3, -0.25) is 15.4 Å². The molecule has 4 nitrogen and oxygen atoms in total. The first-order chi connectivity index (χ1) is 12.9. The number of nitrogens with one attached hydrogen (secondary N) is 1. The van der Waals surface area contributed by atoms with Gasteiger partial charge in [-0.1, -0.05) is 29.8 Å². The molecular weight excluding hydrogens is 529 g/mol. The van der Waals surface area contributed by atoms with Gasteiger partial charge in [0.15, 0.2) is 0 Å². The zero-order valence-electron chi connectivity index (χ0n) is 15.1. The van der Waals surface area contributed by atoms with E-state index < -0.39 is 17.5 Å². The van der Waals surface area contributed by atoms with E-state index >= 15 is 0 Å². The zero-order valence-corrected chi connectivity index (χ0v) is 21.1. The number of benzene rings is 1. The summed E-state index contributed by atoms with van der Waals surface area (Å²) in [6.45, 7) is 3.99. The Labute approximate surface area is 186 Å². The normalized spacial score (nSPS) is 11.4. The summed E-state index contributed by atoms with van der Waals surface area (Å²) < 4.78 is 1.13. The molecule has 0 fully saturated rings. The first-order valence-electron chi connectivity index (χ1n) is 8.32. The van der Waals surface area contributed by atoms with Crippen molar-refractivity contribution in [2.24, 2.45) is 10.1 Å². The summed E-state index contributed by atoms with van der Waals surface area (Å²) in [4.78, 5) is 8.37. The fraction of sp³-hybridized carbons (Fsp3) is 0.278. The predicted octanol–water partition coefficient (Wildman–Crippen LogP) is 6.04. The molecular formula is C18H21Cl3N4SSn. The molecule has 0 spiro atoms. The van der Waals surface area contributed by atoms with Crippen LogP contribution in [-0.4, -0.2) is 33.4 Å². The first-order valence-corrected chi connectivity index (χ1v) is 18.4. The van der Waals surface area contributed by atoms with E-state index in [1.165, 1.54) is 12.8 Å². The van der Waals surface area contributed by atoms with Crippen LogP contribution in [0.4, 0.5) is 5.69 Å². The van der Waals surface area contributed by atoms with Crippen molar-refractivity contribution in [3.63, 3.8) is 0 Å². The topological polar surface area (TPSA) is 49.6 Å². The molecule has 0 bridgehead atoms. The van der Waals surface area contributed by atoms with E-state index in [1.807, 2.05) is 37.3 Å². The Hall–Kier alpha value is -0.601. The molecule has 27 heavy (non-hydrogen) atoms. The molecule has 0 radical (unpaired) electrons. The number of halogens is 3. The van der Waals surface area contributed by atoms with Crippen LogP contribution in [0.1, 0.15) is 32.4 Å². The number of unbranched alkanes of at least 4 members (excludes halogenated alkanes) is 1. The van der Waals surface area contributed by atoms with Crippen LogP contribution in [0.5, 0.6) is 0 Å². The van der Waals surface area contributed by atoms with Crippen LogP contribution in [0, 0.1) is 0 Å². The molecule has 2 rings (SSSR count). The van der Waals surface area contributed by atoms with Crippen molar-refractivity contribution in [3.05, 3.63) is 59.4 Å². The fourth-order valence-corrected chi connectivity index (χ4v) is 5.64. The number of hydrazone groups is 1. The van der Waals surface area contributed by atoms with Crippen molar-refractivity contribution in [2.75, 3.05) is 0 Å². The molecule has 144 valence electrons. The second-order valence-corrected chi connectivity index (χ2v) is 16.9. The standard InChI is InChI=1S/C14H13ClN4S.C4H9.2ClH.Sn/c1-10(12-7-4-5-9-16-12)18-19-14(20)17-13-8-3-2-6-11(13)15;1-3-4-2;;;/h2-9H,1H3,(H2,17,19,20);1,3-4H2,2H3;2*1H;/q;;;;+3/p-3/b18-10+;;;;. The average molecular weight is 551 g/mol. The molecule has 0 unspecified atom stereocenters. The van der Waals surface area contributed by atoms with Crippen LogP contribution in [0.15, 0.2) is 58.8 Å². The van der Waals surface area contributed by atoms with E-state index in [4.69, 9.17) is 42.1 Å². The minimum atomic E-state index is -1.70. The number of amidine groups is 1. The number of aliphatic imine (C=N–C) groups is 1. The molecule has 0 amide bonds. The molecule has 1 aromatic heterocycles. The van der Waals surface area contributed by atoms with Gasteiger partial charge in [-0.2, -0.15) is 5.10 Å². The maximum atomic E-state index is 6.00. The van der Waals surface area contributed by atoms with Gasteiger partial charge in [-0.25, -0.2) is 0 Å². The Bertz CT molecular complexity index is 742. The molecule has 1 aromatic carbocycles. The second kappa shape index (κ2) is 14.4. The van der Waals surface area contributed by atoms with Gasteiger partial charge < -0.3 is 12.6 Å². The molecule has 0 aliphatic heterocycles. The maximum absolute atomic E-state index is 6.00. The molecule has 2 aromatic rings. The van der Waals surface area contributed by atoms with E-state index in [0.717, 1.165) is 15.8 Å². The van der Waals surface area contributed by atoms with Gasteiger partial charge in [0.05, 0.1) is 22.1 Å². The van der Waals surface area contributed by atoms with Gasteiger partial charge in [0.25, 0.3) is 0 Å². The van der Waals surface area contributed by atoms with Crippen molar-refractivity contribution in [1.29, 1.82) is 0 Å². The summed E-state index contributed by atoms with van der Waals surface area (Å²) >= 11 is 9.40. The average Bonchev–Trinajstić information content (AvgIpc) is 2.67. The van der Waals surface area contributed by atoms with E-state index in [-0.39, 0.29) is 5.17 Å². The number of rotatable bonds is 6. The summed E-state index contributed by atoms with van der Waals surface area (Å²) in [5.74, 6) is 0. The van der Waals surface area contributed by atoms with Crippen LogP contribution in [0.25, 0.3) is 0 Å². The summed E-state index contributed by atoms with van der Waals surface area (Å²) in [6.07, 6.45) is 4.16. The molecule has 1 N–H and O–H groups in total. The number of aromatic nitrogens is 1. The van der Waals surface area contributed by atoms with E-state index in [2.05, 4.69) is 27.4 Å². The molecule has 0 saturated heterocycles. The molecule has 0 aliphatic carbocycles. The first kappa shape index (κ1) is 24.4. The third-order valence-corrected chi connectivity index (χ3v) is 8.27. The second-order valence-electron chi connectivity index (χ2n) is 5.33. The number of pyridine rings is 1. The fourth-order valence-electron chi connectivity index (χ4n) is 1.75. The number of nitrogens with zero attached hydrogens (tertiary/aromatic N) is 3. The Morgan fingerprint density at radius 2 is 1.89 bits per heavy atom. The van der Waals surface area contributed by atoms with E-state index in [0.29, 0.717) is 10.7 Å². The number of hydrogen-bond donors (Lipinski definition) is 1. The summed E-state index contributed by atoms with van der Waals surface area (Å²) in [5, 5.41) is 4.93. The summed E-state index contributed by atoms with van der Waals surface area (Å²) in [6, 6.07) is 12.8. The monoisotopic (exact) mass is 550 g/mol. The quantitative estimate of drug-likeness (QED) is 0.157. The summed E-state index contributed by atoms with van der Waals surface area (Å²) in [7, 11) is 11.2. The number of para-hydroxylation sites is 1. The third kappa shape index (κ3) is 11.1. The van der Waals surface area contributed by atoms with Gasteiger partial charge in [0.2, 0.25) is 0 Å². The third-order valence-electron chi connectivity index (χ3n) is 3.15. The van der Waals surface area contributed by atoms with Crippen LogP contribution >= 0.6 is 29.4 Å². The van der Waals surface area contributed by atoms with E-state index in [9.17, 15) is 0 Å². The van der Waals surface area contributed by atoms with Gasteiger partial charge >= 0.3 is 59.6 Å². The van der Waals surface area contributed by atoms with Gasteiger partial charge in [-0.15, -0.1) is 0 Å². The van der Waals surface area contributed by atoms with Crippen molar-refractivity contribution < 1.29 is 0 Å². The van der Waals surface area contributed by atoms with Gasteiger partial charge in [0, 0.05) is 11.4 Å². The SMILES string of the molecule is C/C(=N\NC([S-])=Nc1ccccc1Cl)c1ccccn1.CCC[CH2][Sn+]([Cl])[Cl]. The molecule has 0 saturated carbocycles. The van der Waals surface area contributed by atoms with Gasteiger partial charge in [-0.05, 0) is 31.2 Å². The van der Waals surface area contributed by atoms with Gasteiger partial charge in [0.1, 0.15) is 0 Å². The molecule has 1 heterocycles. The van der Waals surface area contributed by atoms with Crippen molar-refractivity contribution in [3.8, 4) is 0 Å². The Kier molecular flexibility index (Phi) is 13.0. The zero-order chi connectivity index (χ0) is 20.1. The molecule has 0 aliphatic rings. The van der Waals surface area contributed by atoms with Crippen molar-refractivity contribution >= 4 is 76.1 Å². The molecule has 9 heteroatoms. The Balaban J connectivity index is 0.000000445. The van der Waals surface area contributed by atoms with Crippen molar-refractivity contribution in [2.45, 2.75) is 31.1 Å². The van der Waals surface area contributed by atoms with Crippen molar-refractivity contribution in [1.82, 2.24) is 10.4 Å². The predicted molar refractivity (Wildman–Crippen MR) is 123 cm³/mol. The molecule has 0 atom stereocenters. The van der Waals surface area contributed by atoms with E-state index in [1.54, 1.807) is 18.3 Å². The van der Waals surface area contributed by atoms with Crippen LogP contribution in [-0.2, 0) is 12.6 Å². The summed E-state index contributed by atoms with van der Waals surface area (Å²) in [5.41, 5.74) is 4.82. The Morgan fingerprint density at radius 1 is 1.19 bits per heavy atom. The van der Waals surface area contributed by atoms with Crippen LogP contribution in [0.2, 0.25) is 9.46 Å². The number of hydrogen-bond acceptors (Lipinski definition) is 4. The minimum absolute atomic E-state index is 0.244. The Morgan fingerprint density at radius 3 is 2.44 bits per heavy atom. The van der Waals surface area contributed by atoms with Crippen LogP contribution < -0.4 is 5.43 Å².